The molecular weight excluding hydrogens is 333 g/mol. The lowest BCUT2D eigenvalue weighted by atomic mass is 9.98. The maximum atomic E-state index is 13.6. The Morgan fingerprint density at radius 2 is 2.00 bits per heavy atom. The molecule has 1 aromatic carbocycles. The molecule has 1 aromatic rings. The normalized spacial score (nSPS) is 19.6. The summed E-state index contributed by atoms with van der Waals surface area (Å²) in [7, 11) is -3.41. The van der Waals surface area contributed by atoms with Gasteiger partial charge in [0.25, 0.3) is 0 Å². The maximum Gasteiger partial charge on any atom is 0.228 e. The molecular formula is C14H17F3N2O3S. The van der Waals surface area contributed by atoms with Gasteiger partial charge in [0, 0.05) is 13.1 Å². The summed E-state index contributed by atoms with van der Waals surface area (Å²) < 4.78 is 64.6. The van der Waals surface area contributed by atoms with Crippen molar-refractivity contribution in [2.24, 2.45) is 5.92 Å². The van der Waals surface area contributed by atoms with E-state index in [9.17, 15) is 26.4 Å². The van der Waals surface area contributed by atoms with Crippen LogP contribution in [0.5, 0.6) is 0 Å². The summed E-state index contributed by atoms with van der Waals surface area (Å²) in [6, 6.07) is 1.64. The number of benzene rings is 1. The number of sulfonamides is 1. The van der Waals surface area contributed by atoms with Gasteiger partial charge in [-0.1, -0.05) is 0 Å². The molecule has 1 aliphatic heterocycles. The van der Waals surface area contributed by atoms with Gasteiger partial charge in [0.2, 0.25) is 15.9 Å². The van der Waals surface area contributed by atoms with E-state index in [-0.39, 0.29) is 12.3 Å². The topological polar surface area (TPSA) is 66.5 Å². The lowest BCUT2D eigenvalue weighted by Crippen LogP contribution is -2.44. The van der Waals surface area contributed by atoms with Crippen molar-refractivity contribution in [2.45, 2.75) is 19.8 Å². The highest BCUT2D eigenvalue weighted by molar-refractivity contribution is 7.89. The highest BCUT2D eigenvalue weighted by Gasteiger charge is 2.31. The predicted octanol–water partition coefficient (Wildman–Crippen LogP) is 2.10. The minimum Gasteiger partial charge on any atom is -0.323 e. The van der Waals surface area contributed by atoms with Gasteiger partial charge in [0.1, 0.15) is 0 Å². The number of rotatable bonds is 4. The fourth-order valence-electron chi connectivity index (χ4n) is 2.45. The quantitative estimate of drug-likeness (QED) is 0.846. The zero-order valence-electron chi connectivity index (χ0n) is 12.5. The van der Waals surface area contributed by atoms with Crippen molar-refractivity contribution in [1.29, 1.82) is 0 Å². The number of halogens is 3. The Hall–Kier alpha value is -1.61. The highest BCUT2D eigenvalue weighted by Crippen LogP contribution is 2.24. The van der Waals surface area contributed by atoms with Crippen LogP contribution in [0.2, 0.25) is 0 Å². The number of nitrogens with zero attached hydrogens (tertiary/aromatic N) is 1. The Morgan fingerprint density at radius 1 is 1.30 bits per heavy atom. The van der Waals surface area contributed by atoms with E-state index < -0.39 is 45.0 Å². The molecule has 0 saturated carbocycles. The van der Waals surface area contributed by atoms with Crippen LogP contribution in [0.3, 0.4) is 0 Å². The van der Waals surface area contributed by atoms with E-state index in [1.165, 1.54) is 11.2 Å². The average Bonchev–Trinajstić information content (AvgIpc) is 2.55. The maximum absolute atomic E-state index is 13.6. The highest BCUT2D eigenvalue weighted by atomic mass is 32.2. The summed E-state index contributed by atoms with van der Waals surface area (Å²) in [6.45, 7) is 1.84. The molecule has 0 aromatic heterocycles. The molecule has 1 N–H and O–H groups in total. The number of carbonyl (C=O) groups is 1. The molecule has 23 heavy (non-hydrogen) atoms. The Bertz CT molecular complexity index is 709. The number of hydrogen-bond acceptors (Lipinski definition) is 3. The zero-order valence-corrected chi connectivity index (χ0v) is 13.3. The number of nitrogens with one attached hydrogen (secondary N) is 1. The van der Waals surface area contributed by atoms with Gasteiger partial charge in [-0.15, -0.1) is 0 Å². The van der Waals surface area contributed by atoms with E-state index in [0.29, 0.717) is 25.5 Å². The molecule has 0 radical (unpaired) electrons. The monoisotopic (exact) mass is 350 g/mol. The van der Waals surface area contributed by atoms with Crippen LogP contribution in [-0.2, 0) is 14.8 Å². The summed E-state index contributed by atoms with van der Waals surface area (Å²) in [4.78, 5) is 12.2. The number of amides is 1. The van der Waals surface area contributed by atoms with E-state index in [0.717, 1.165) is 6.07 Å². The lowest BCUT2D eigenvalue weighted by molar-refractivity contribution is -0.120. The first-order valence-corrected chi connectivity index (χ1v) is 8.79. The van der Waals surface area contributed by atoms with E-state index in [4.69, 9.17) is 0 Å². The first-order chi connectivity index (χ1) is 10.8. The second-order valence-corrected chi connectivity index (χ2v) is 7.57. The second-order valence-electron chi connectivity index (χ2n) is 5.31. The first-order valence-electron chi connectivity index (χ1n) is 7.18. The van der Waals surface area contributed by atoms with Crippen molar-refractivity contribution in [3.05, 3.63) is 29.6 Å². The molecule has 0 aliphatic carbocycles. The molecule has 1 fully saturated rings. The molecule has 0 unspecified atom stereocenters. The average molecular weight is 350 g/mol. The van der Waals surface area contributed by atoms with Crippen LogP contribution >= 0.6 is 0 Å². The van der Waals surface area contributed by atoms with Crippen molar-refractivity contribution in [2.75, 3.05) is 24.2 Å². The molecule has 2 rings (SSSR count). The van der Waals surface area contributed by atoms with Crippen LogP contribution in [0.15, 0.2) is 12.1 Å². The fourth-order valence-corrected chi connectivity index (χ4v) is 3.63. The number of anilines is 1. The third-order valence-electron chi connectivity index (χ3n) is 3.81. The summed E-state index contributed by atoms with van der Waals surface area (Å²) in [5.41, 5.74) is -0.468. The van der Waals surface area contributed by atoms with Gasteiger partial charge in [0.15, 0.2) is 17.5 Å². The standard InChI is InChI=1S/C14H17F3N2O3S/c1-2-23(21,22)19-7-3-4-9(8-19)14(20)18-11-6-5-10(15)12(16)13(11)17/h5-6,9H,2-4,7-8H2,1H3,(H,18,20)/t9-/m1/s1. The Kier molecular flexibility index (Phi) is 5.30. The van der Waals surface area contributed by atoms with Crippen LogP contribution < -0.4 is 5.32 Å². The molecule has 128 valence electrons. The van der Waals surface area contributed by atoms with Crippen molar-refractivity contribution in [1.82, 2.24) is 4.31 Å². The smallest absolute Gasteiger partial charge is 0.228 e. The Morgan fingerprint density at radius 3 is 2.65 bits per heavy atom. The van der Waals surface area contributed by atoms with Gasteiger partial charge in [0.05, 0.1) is 17.4 Å². The molecule has 9 heteroatoms. The predicted molar refractivity (Wildman–Crippen MR) is 78.7 cm³/mol. The summed E-state index contributed by atoms with van der Waals surface area (Å²) in [5, 5.41) is 2.20. The van der Waals surface area contributed by atoms with Gasteiger partial charge < -0.3 is 5.32 Å². The largest absolute Gasteiger partial charge is 0.323 e. The minimum absolute atomic E-state index is 0.00664. The number of hydrogen-bond donors (Lipinski definition) is 1. The van der Waals surface area contributed by atoms with Crippen molar-refractivity contribution < 1.29 is 26.4 Å². The summed E-state index contributed by atoms with van der Waals surface area (Å²) in [5.74, 6) is -5.85. The molecule has 1 heterocycles. The number of carbonyl (C=O) groups excluding carboxylic acids is 1. The van der Waals surface area contributed by atoms with Crippen LogP contribution in [-0.4, -0.2) is 37.5 Å². The fraction of sp³-hybridized carbons (Fsp3) is 0.500. The second kappa shape index (κ2) is 6.88. The third kappa shape index (κ3) is 3.84. The van der Waals surface area contributed by atoms with Gasteiger partial charge in [-0.25, -0.2) is 25.9 Å². The van der Waals surface area contributed by atoms with E-state index in [2.05, 4.69) is 5.32 Å². The van der Waals surface area contributed by atoms with Crippen LogP contribution in [0.4, 0.5) is 18.9 Å². The first kappa shape index (κ1) is 17.7. The molecule has 1 aliphatic rings. The van der Waals surface area contributed by atoms with Crippen molar-refractivity contribution >= 4 is 21.6 Å². The SMILES string of the molecule is CCS(=O)(=O)N1CCC[C@@H](C(=O)Nc2ccc(F)c(F)c2F)C1. The Labute approximate surface area is 132 Å². The lowest BCUT2D eigenvalue weighted by Gasteiger charge is -2.30. The summed E-state index contributed by atoms with van der Waals surface area (Å²) in [6.07, 6.45) is 0.935. The number of piperidine rings is 1. The zero-order chi connectivity index (χ0) is 17.2. The minimum atomic E-state index is -3.41. The van der Waals surface area contributed by atoms with Gasteiger partial charge in [-0.05, 0) is 31.9 Å². The van der Waals surface area contributed by atoms with Gasteiger partial charge in [-0.3, -0.25) is 4.79 Å². The van der Waals surface area contributed by atoms with E-state index >= 15 is 0 Å². The third-order valence-corrected chi connectivity index (χ3v) is 5.65. The molecule has 1 atom stereocenters. The summed E-state index contributed by atoms with van der Waals surface area (Å²) >= 11 is 0. The van der Waals surface area contributed by atoms with Crippen LogP contribution in [0, 0.1) is 23.4 Å². The molecule has 0 spiro atoms. The van der Waals surface area contributed by atoms with Gasteiger partial charge >= 0.3 is 0 Å². The molecule has 1 saturated heterocycles. The van der Waals surface area contributed by atoms with E-state index in [1.54, 1.807) is 0 Å². The molecule has 5 nitrogen and oxygen atoms in total. The van der Waals surface area contributed by atoms with Crippen LogP contribution in [0.25, 0.3) is 0 Å². The van der Waals surface area contributed by atoms with E-state index in [1.807, 2.05) is 0 Å². The molecule has 1 amide bonds. The van der Waals surface area contributed by atoms with Gasteiger partial charge in [-0.2, -0.15) is 0 Å². The van der Waals surface area contributed by atoms with Crippen LogP contribution in [0.1, 0.15) is 19.8 Å². The Balaban J connectivity index is 2.11. The van der Waals surface area contributed by atoms with Crippen molar-refractivity contribution in [3.8, 4) is 0 Å². The van der Waals surface area contributed by atoms with Crippen molar-refractivity contribution in [3.63, 3.8) is 0 Å². The molecule has 0 bridgehead atoms.